The summed E-state index contributed by atoms with van der Waals surface area (Å²) in [6.45, 7) is 4.11. The molecule has 0 atom stereocenters. The van der Waals surface area contributed by atoms with E-state index in [1.54, 1.807) is 13.0 Å². The summed E-state index contributed by atoms with van der Waals surface area (Å²) in [6, 6.07) is 7.31. The average molecular weight is 310 g/mol. The van der Waals surface area contributed by atoms with Gasteiger partial charge in [-0.1, -0.05) is 24.6 Å². The molecule has 0 saturated carbocycles. The predicted molar refractivity (Wildman–Crippen MR) is 82.1 cm³/mol. The van der Waals surface area contributed by atoms with Gasteiger partial charge >= 0.3 is 0 Å². The van der Waals surface area contributed by atoms with E-state index in [1.807, 2.05) is 25.1 Å². The first-order valence-corrected chi connectivity index (χ1v) is 7.67. The summed E-state index contributed by atoms with van der Waals surface area (Å²) in [5, 5.41) is 1.60. The van der Waals surface area contributed by atoms with Crippen LogP contribution in [0.15, 0.2) is 24.3 Å². The molecular formula is C15H16ClNO2S. The van der Waals surface area contributed by atoms with Crippen molar-refractivity contribution in [2.75, 3.05) is 6.61 Å². The van der Waals surface area contributed by atoms with Crippen molar-refractivity contribution in [2.24, 2.45) is 0 Å². The second-order valence-electron chi connectivity index (χ2n) is 4.35. The molecule has 1 aromatic heterocycles. The number of aryl methyl sites for hydroxylation is 1. The summed E-state index contributed by atoms with van der Waals surface area (Å²) in [7, 11) is 0. The highest BCUT2D eigenvalue weighted by atomic mass is 35.5. The van der Waals surface area contributed by atoms with Gasteiger partial charge in [0.2, 0.25) is 0 Å². The molecule has 106 valence electrons. The van der Waals surface area contributed by atoms with Crippen molar-refractivity contribution in [2.45, 2.75) is 26.7 Å². The number of ketones is 1. The lowest BCUT2D eigenvalue weighted by Crippen LogP contribution is -2.01. The maximum atomic E-state index is 11.5. The minimum absolute atomic E-state index is 0.0846. The van der Waals surface area contributed by atoms with Gasteiger partial charge in [0, 0.05) is 18.4 Å². The van der Waals surface area contributed by atoms with E-state index >= 15 is 0 Å². The monoisotopic (exact) mass is 309 g/mol. The third-order valence-electron chi connectivity index (χ3n) is 2.78. The van der Waals surface area contributed by atoms with Crippen molar-refractivity contribution in [3.63, 3.8) is 0 Å². The molecule has 2 rings (SSSR count). The Bertz CT molecular complexity index is 610. The van der Waals surface area contributed by atoms with E-state index in [0.717, 1.165) is 27.7 Å². The SMILES string of the molecule is CCc1nc(CCOc2cccc(Cl)c2)sc1C(C)=O. The van der Waals surface area contributed by atoms with Gasteiger partial charge in [-0.15, -0.1) is 11.3 Å². The van der Waals surface area contributed by atoms with Gasteiger partial charge in [0.05, 0.1) is 22.2 Å². The molecule has 0 unspecified atom stereocenters. The Kier molecular flexibility index (Phi) is 5.15. The topological polar surface area (TPSA) is 39.2 Å². The van der Waals surface area contributed by atoms with Crippen LogP contribution in [0.4, 0.5) is 0 Å². The van der Waals surface area contributed by atoms with Gasteiger partial charge in [0.15, 0.2) is 5.78 Å². The van der Waals surface area contributed by atoms with Crippen LogP contribution >= 0.6 is 22.9 Å². The van der Waals surface area contributed by atoms with Gasteiger partial charge in [0.1, 0.15) is 5.75 Å². The first kappa shape index (κ1) is 15.0. The van der Waals surface area contributed by atoms with E-state index in [-0.39, 0.29) is 5.78 Å². The van der Waals surface area contributed by atoms with Crippen LogP contribution in [0.2, 0.25) is 5.02 Å². The molecule has 0 bridgehead atoms. The minimum atomic E-state index is 0.0846. The van der Waals surface area contributed by atoms with Crippen LogP contribution in [-0.2, 0) is 12.8 Å². The number of hydrogen-bond donors (Lipinski definition) is 0. The first-order valence-electron chi connectivity index (χ1n) is 6.48. The van der Waals surface area contributed by atoms with Crippen LogP contribution in [0.3, 0.4) is 0 Å². The van der Waals surface area contributed by atoms with Crippen molar-refractivity contribution in [3.05, 3.63) is 44.9 Å². The fraction of sp³-hybridized carbons (Fsp3) is 0.333. The van der Waals surface area contributed by atoms with Crippen molar-refractivity contribution in [1.82, 2.24) is 4.98 Å². The number of nitrogens with zero attached hydrogens (tertiary/aromatic N) is 1. The minimum Gasteiger partial charge on any atom is -0.493 e. The van der Waals surface area contributed by atoms with E-state index < -0.39 is 0 Å². The van der Waals surface area contributed by atoms with Gasteiger partial charge in [-0.25, -0.2) is 4.98 Å². The zero-order valence-corrected chi connectivity index (χ0v) is 13.1. The Hall–Kier alpha value is -1.39. The van der Waals surface area contributed by atoms with E-state index in [4.69, 9.17) is 16.3 Å². The molecule has 0 N–H and O–H groups in total. The second kappa shape index (κ2) is 6.86. The molecule has 0 fully saturated rings. The zero-order valence-electron chi connectivity index (χ0n) is 11.5. The maximum absolute atomic E-state index is 11.5. The van der Waals surface area contributed by atoms with Crippen molar-refractivity contribution < 1.29 is 9.53 Å². The van der Waals surface area contributed by atoms with Gasteiger partial charge in [-0.05, 0) is 24.6 Å². The lowest BCUT2D eigenvalue weighted by Gasteiger charge is -2.04. The third-order valence-corrected chi connectivity index (χ3v) is 4.27. The molecule has 1 heterocycles. The highest BCUT2D eigenvalue weighted by Crippen LogP contribution is 2.21. The number of Topliss-reactive ketones (excluding diaryl/α,β-unsaturated/α-hetero) is 1. The highest BCUT2D eigenvalue weighted by molar-refractivity contribution is 7.13. The molecule has 5 heteroatoms. The number of carbonyl (C=O) groups excluding carboxylic acids is 1. The van der Waals surface area contributed by atoms with E-state index in [0.29, 0.717) is 18.1 Å². The molecule has 0 aliphatic carbocycles. The largest absolute Gasteiger partial charge is 0.493 e. The number of ether oxygens (including phenoxy) is 1. The molecule has 1 aromatic carbocycles. The molecule has 0 amide bonds. The van der Waals surface area contributed by atoms with Crippen molar-refractivity contribution in [3.8, 4) is 5.75 Å². The number of halogens is 1. The molecule has 2 aromatic rings. The van der Waals surface area contributed by atoms with Crippen LogP contribution in [0.25, 0.3) is 0 Å². The standard InChI is InChI=1S/C15H16ClNO2S/c1-3-13-15(10(2)18)20-14(17-13)7-8-19-12-6-4-5-11(16)9-12/h4-6,9H,3,7-8H2,1-2H3. The van der Waals surface area contributed by atoms with Gasteiger partial charge < -0.3 is 4.74 Å². The quantitative estimate of drug-likeness (QED) is 0.751. The molecule has 3 nitrogen and oxygen atoms in total. The van der Waals surface area contributed by atoms with Crippen LogP contribution in [0, 0.1) is 0 Å². The highest BCUT2D eigenvalue weighted by Gasteiger charge is 2.13. The molecule has 0 aliphatic heterocycles. The molecule has 0 saturated heterocycles. The Morgan fingerprint density at radius 3 is 2.85 bits per heavy atom. The Morgan fingerprint density at radius 1 is 1.45 bits per heavy atom. The summed E-state index contributed by atoms with van der Waals surface area (Å²) >= 11 is 7.35. The summed E-state index contributed by atoms with van der Waals surface area (Å²) < 4.78 is 5.63. The molecule has 0 aliphatic rings. The second-order valence-corrected chi connectivity index (χ2v) is 5.87. The third kappa shape index (κ3) is 3.81. The smallest absolute Gasteiger partial charge is 0.171 e. The lowest BCUT2D eigenvalue weighted by molar-refractivity contribution is 0.102. The van der Waals surface area contributed by atoms with Gasteiger partial charge in [-0.3, -0.25) is 4.79 Å². The number of rotatable bonds is 6. The molecule has 0 spiro atoms. The summed E-state index contributed by atoms with van der Waals surface area (Å²) in [5.41, 5.74) is 0.889. The molecule has 20 heavy (non-hydrogen) atoms. The normalized spacial score (nSPS) is 10.6. The summed E-state index contributed by atoms with van der Waals surface area (Å²) in [4.78, 5) is 16.8. The van der Waals surface area contributed by atoms with Gasteiger partial charge in [-0.2, -0.15) is 0 Å². The fourth-order valence-electron chi connectivity index (χ4n) is 1.84. The Morgan fingerprint density at radius 2 is 2.25 bits per heavy atom. The van der Waals surface area contributed by atoms with Crippen LogP contribution in [-0.4, -0.2) is 17.4 Å². The summed E-state index contributed by atoms with van der Waals surface area (Å²) in [6.07, 6.45) is 1.47. The number of thiazole rings is 1. The average Bonchev–Trinajstić information content (AvgIpc) is 2.82. The number of hydrogen-bond acceptors (Lipinski definition) is 4. The van der Waals surface area contributed by atoms with Crippen LogP contribution in [0.1, 0.15) is 34.2 Å². The van der Waals surface area contributed by atoms with Crippen LogP contribution < -0.4 is 4.74 Å². The first-order chi connectivity index (χ1) is 9.60. The lowest BCUT2D eigenvalue weighted by atomic mass is 10.2. The Labute approximate surface area is 127 Å². The van der Waals surface area contributed by atoms with Crippen LogP contribution in [0.5, 0.6) is 5.75 Å². The van der Waals surface area contributed by atoms with Gasteiger partial charge in [0.25, 0.3) is 0 Å². The maximum Gasteiger partial charge on any atom is 0.171 e. The van der Waals surface area contributed by atoms with Crippen molar-refractivity contribution in [1.29, 1.82) is 0 Å². The molecular weight excluding hydrogens is 294 g/mol. The number of benzene rings is 1. The van der Waals surface area contributed by atoms with E-state index in [1.165, 1.54) is 11.3 Å². The Balaban J connectivity index is 1.96. The molecule has 0 radical (unpaired) electrons. The van der Waals surface area contributed by atoms with E-state index in [2.05, 4.69) is 4.98 Å². The fourth-order valence-corrected chi connectivity index (χ4v) is 3.04. The number of aromatic nitrogens is 1. The number of carbonyl (C=O) groups is 1. The summed E-state index contributed by atoms with van der Waals surface area (Å²) in [5.74, 6) is 0.831. The van der Waals surface area contributed by atoms with Crippen molar-refractivity contribution >= 4 is 28.7 Å². The zero-order chi connectivity index (χ0) is 14.5. The van der Waals surface area contributed by atoms with E-state index in [9.17, 15) is 4.79 Å². The predicted octanol–water partition coefficient (Wildman–Crippen LogP) is 4.18.